The van der Waals surface area contributed by atoms with Crippen molar-refractivity contribution in [2.24, 2.45) is 5.92 Å². The van der Waals surface area contributed by atoms with Gasteiger partial charge in [-0.15, -0.1) is 0 Å². The number of nitrogens with one attached hydrogen (secondary N) is 2. The number of aryl methyl sites for hydroxylation is 2. The average Bonchev–Trinajstić information content (AvgIpc) is 3.26. The molecule has 0 saturated heterocycles. The number of benzene rings is 2. The second-order valence-electron chi connectivity index (χ2n) is 10.4. The van der Waals surface area contributed by atoms with Gasteiger partial charge in [0.25, 0.3) is 15.9 Å². The fourth-order valence-corrected chi connectivity index (χ4v) is 5.76. The normalized spacial score (nSPS) is 17.9. The Morgan fingerprint density at radius 1 is 1.24 bits per heavy atom. The summed E-state index contributed by atoms with van der Waals surface area (Å²) in [4.78, 5) is 29.7. The van der Waals surface area contributed by atoms with Crippen LogP contribution in [0.1, 0.15) is 35.7 Å². The minimum Gasteiger partial charge on any atom is -0.485 e. The van der Waals surface area contributed by atoms with Gasteiger partial charge in [0.15, 0.2) is 11.5 Å². The number of aliphatic hydroxyl groups is 1. The number of urea groups is 1. The molecule has 12 nitrogen and oxygen atoms in total. The lowest BCUT2D eigenvalue weighted by Gasteiger charge is -2.38. The molecule has 1 aliphatic heterocycles. The third-order valence-corrected chi connectivity index (χ3v) is 8.76. The van der Waals surface area contributed by atoms with Crippen LogP contribution < -0.4 is 14.8 Å². The molecule has 0 fully saturated rings. The molecule has 0 aliphatic carbocycles. The molecule has 0 unspecified atom stereocenters. The topological polar surface area (TPSA) is 154 Å². The maximum Gasteiger partial charge on any atom is 0.321 e. The summed E-state index contributed by atoms with van der Waals surface area (Å²) >= 11 is 5.93. The Hall–Kier alpha value is -3.81. The van der Waals surface area contributed by atoms with Crippen molar-refractivity contribution in [3.05, 3.63) is 64.5 Å². The number of fused-ring (bicyclic) bond motifs is 1. The summed E-state index contributed by atoms with van der Waals surface area (Å²) in [5.41, 5.74) is 1.17. The molecule has 14 heteroatoms. The molecule has 3 amide bonds. The maximum absolute atomic E-state index is 13.7. The van der Waals surface area contributed by atoms with Gasteiger partial charge in [0.1, 0.15) is 17.5 Å². The highest BCUT2D eigenvalue weighted by Crippen LogP contribution is 2.36. The molecule has 42 heavy (non-hydrogen) atoms. The molecular weight excluding hydrogens is 586 g/mol. The fraction of sp³-hybridized carbons (Fsp3) is 0.393. The average molecular weight is 620 g/mol. The second-order valence-corrected chi connectivity index (χ2v) is 12.5. The molecule has 226 valence electrons. The van der Waals surface area contributed by atoms with Gasteiger partial charge in [-0.2, -0.15) is 0 Å². The largest absolute Gasteiger partial charge is 0.485 e. The van der Waals surface area contributed by atoms with Crippen molar-refractivity contribution in [1.29, 1.82) is 0 Å². The van der Waals surface area contributed by atoms with E-state index in [-0.39, 0.29) is 47.5 Å². The van der Waals surface area contributed by atoms with Crippen molar-refractivity contribution in [3.63, 3.8) is 0 Å². The first-order chi connectivity index (χ1) is 19.8. The van der Waals surface area contributed by atoms with E-state index in [1.807, 2.05) is 6.92 Å². The summed E-state index contributed by atoms with van der Waals surface area (Å²) in [5.74, 6) is -0.269. The number of ether oxygens (including phenoxy) is 1. The van der Waals surface area contributed by atoms with Crippen molar-refractivity contribution in [2.45, 2.75) is 44.7 Å². The van der Waals surface area contributed by atoms with Crippen molar-refractivity contribution >= 4 is 44.9 Å². The zero-order chi connectivity index (χ0) is 30.8. The molecule has 0 bridgehead atoms. The third-order valence-electron chi connectivity index (χ3n) is 7.13. The Labute approximate surface area is 249 Å². The number of amides is 3. The Bertz CT molecular complexity index is 1540. The number of carbonyl (C=O) groups is 2. The highest BCUT2D eigenvalue weighted by molar-refractivity contribution is 7.92. The lowest BCUT2D eigenvalue weighted by Crippen LogP contribution is -2.50. The number of para-hydroxylation sites is 1. The third kappa shape index (κ3) is 6.63. The number of aromatic nitrogens is 1. The lowest BCUT2D eigenvalue weighted by atomic mass is 9.99. The summed E-state index contributed by atoms with van der Waals surface area (Å²) in [6.45, 7) is 7.02. The predicted molar refractivity (Wildman–Crippen MR) is 157 cm³/mol. The van der Waals surface area contributed by atoms with Crippen molar-refractivity contribution in [2.75, 3.05) is 36.8 Å². The summed E-state index contributed by atoms with van der Waals surface area (Å²) in [6, 6.07) is 9.27. The molecule has 2 heterocycles. The maximum atomic E-state index is 13.7. The highest BCUT2D eigenvalue weighted by atomic mass is 35.5. The van der Waals surface area contributed by atoms with Gasteiger partial charge in [0.2, 0.25) is 0 Å². The van der Waals surface area contributed by atoms with Gasteiger partial charge < -0.3 is 29.5 Å². The quantitative estimate of drug-likeness (QED) is 0.340. The Balaban J connectivity index is 1.70. The van der Waals surface area contributed by atoms with E-state index in [1.165, 1.54) is 46.2 Å². The van der Waals surface area contributed by atoms with Crippen LogP contribution in [0.5, 0.6) is 5.75 Å². The van der Waals surface area contributed by atoms with Crippen LogP contribution in [0.25, 0.3) is 0 Å². The number of halogens is 1. The van der Waals surface area contributed by atoms with E-state index in [2.05, 4.69) is 15.2 Å². The molecular formula is C28H34ClN5O7S. The van der Waals surface area contributed by atoms with E-state index in [1.54, 1.807) is 33.9 Å². The van der Waals surface area contributed by atoms with Gasteiger partial charge in [0, 0.05) is 24.5 Å². The van der Waals surface area contributed by atoms with Crippen LogP contribution in [-0.2, 0) is 10.0 Å². The minimum absolute atomic E-state index is 0.0197. The van der Waals surface area contributed by atoms with Gasteiger partial charge in [-0.25, -0.2) is 13.2 Å². The first kappa shape index (κ1) is 31.1. The summed E-state index contributed by atoms with van der Waals surface area (Å²) < 4.78 is 40.6. The molecule has 2 aromatic carbocycles. The first-order valence-corrected chi connectivity index (χ1v) is 15.1. The highest BCUT2D eigenvalue weighted by Gasteiger charge is 2.35. The molecule has 3 N–H and O–H groups in total. The van der Waals surface area contributed by atoms with E-state index in [0.717, 1.165) is 0 Å². The van der Waals surface area contributed by atoms with Crippen molar-refractivity contribution < 1.29 is 32.4 Å². The smallest absolute Gasteiger partial charge is 0.321 e. The number of sulfonamides is 1. The predicted octanol–water partition coefficient (Wildman–Crippen LogP) is 4.13. The number of likely N-dealkylation sites (N-methyl/N-ethyl adjacent to an activating group) is 1. The number of anilines is 2. The van der Waals surface area contributed by atoms with Crippen LogP contribution >= 0.6 is 11.6 Å². The standard InChI is InChI=1S/C28H34ClN5O7S/c1-16-13-34(17(2)15-35)27(36)22-7-6-8-23(32-42(38,39)21-11-9-20(29)10-12-21)26(22)40-24(16)14-33(5)28(37)30-25-18(3)31-41-19(25)4/h6-12,16-17,24,32,35H,13-15H2,1-5H3,(H,30,37)/t16-,17-,24-/m1/s1. The van der Waals surface area contributed by atoms with Crippen LogP contribution in [0, 0.1) is 19.8 Å². The molecule has 0 radical (unpaired) electrons. The van der Waals surface area contributed by atoms with Gasteiger partial charge in [-0.3, -0.25) is 9.52 Å². The van der Waals surface area contributed by atoms with Crippen molar-refractivity contribution in [1.82, 2.24) is 15.0 Å². The molecule has 3 aromatic rings. The number of hydrogen-bond acceptors (Lipinski definition) is 8. The van der Waals surface area contributed by atoms with E-state index in [4.69, 9.17) is 20.9 Å². The molecule has 3 atom stereocenters. The number of carbonyl (C=O) groups excluding carboxylic acids is 2. The van der Waals surface area contributed by atoms with E-state index >= 15 is 0 Å². The van der Waals surface area contributed by atoms with E-state index in [0.29, 0.717) is 22.2 Å². The van der Waals surface area contributed by atoms with Crippen LogP contribution in [0.3, 0.4) is 0 Å². The van der Waals surface area contributed by atoms with Crippen LogP contribution in [0.4, 0.5) is 16.2 Å². The van der Waals surface area contributed by atoms with Gasteiger partial charge >= 0.3 is 6.03 Å². The number of aliphatic hydroxyl groups excluding tert-OH is 1. The first-order valence-electron chi connectivity index (χ1n) is 13.3. The van der Waals surface area contributed by atoms with Crippen LogP contribution in [-0.4, -0.2) is 79.3 Å². The zero-order valence-electron chi connectivity index (χ0n) is 23.9. The Morgan fingerprint density at radius 3 is 2.55 bits per heavy atom. The summed E-state index contributed by atoms with van der Waals surface area (Å²) in [5, 5.41) is 16.9. The monoisotopic (exact) mass is 619 g/mol. The second kappa shape index (κ2) is 12.6. The van der Waals surface area contributed by atoms with Gasteiger partial charge in [-0.1, -0.05) is 29.7 Å². The lowest BCUT2D eigenvalue weighted by molar-refractivity contribution is 0.0373. The van der Waals surface area contributed by atoms with Gasteiger partial charge in [0.05, 0.1) is 35.3 Å². The summed E-state index contributed by atoms with van der Waals surface area (Å²) in [7, 11) is -2.49. The van der Waals surface area contributed by atoms with Crippen LogP contribution in [0.2, 0.25) is 5.02 Å². The fourth-order valence-electron chi connectivity index (χ4n) is 4.58. The molecule has 1 aliphatic rings. The Kier molecular flexibility index (Phi) is 9.34. The molecule has 1 aromatic heterocycles. The Morgan fingerprint density at radius 2 is 1.93 bits per heavy atom. The minimum atomic E-state index is -4.08. The van der Waals surface area contributed by atoms with E-state index < -0.39 is 34.1 Å². The van der Waals surface area contributed by atoms with Gasteiger partial charge in [-0.05, 0) is 57.2 Å². The number of hydrogen-bond donors (Lipinski definition) is 3. The zero-order valence-corrected chi connectivity index (χ0v) is 25.5. The molecule has 0 saturated carbocycles. The SMILES string of the molecule is Cc1noc(C)c1NC(=O)N(C)C[C@H]1Oc2c(NS(=O)(=O)c3ccc(Cl)cc3)cccc2C(=O)N([C@H](C)CO)C[C@H]1C. The van der Waals surface area contributed by atoms with E-state index in [9.17, 15) is 23.1 Å². The molecule has 0 spiro atoms. The summed E-state index contributed by atoms with van der Waals surface area (Å²) in [6.07, 6.45) is -0.674. The molecule has 4 rings (SSSR count). The van der Waals surface area contributed by atoms with Crippen LogP contribution in [0.15, 0.2) is 51.9 Å². The van der Waals surface area contributed by atoms with Crippen molar-refractivity contribution in [3.8, 4) is 5.75 Å². The number of nitrogens with zero attached hydrogens (tertiary/aromatic N) is 3. The number of rotatable bonds is 8.